The Morgan fingerprint density at radius 2 is 1.95 bits per heavy atom. The van der Waals surface area contributed by atoms with E-state index in [2.05, 4.69) is 12.2 Å². The largest absolute Gasteiger partial charge is 0.444 e. The lowest BCUT2D eigenvalue weighted by Gasteiger charge is -2.22. The van der Waals surface area contributed by atoms with Crippen molar-refractivity contribution < 1.29 is 9.53 Å². The second-order valence-corrected chi connectivity index (χ2v) is 6.05. The first-order valence-electron chi connectivity index (χ1n) is 7.08. The maximum Gasteiger partial charge on any atom is 0.408 e. The predicted octanol–water partition coefficient (Wildman–Crippen LogP) is 3.68. The molecule has 2 unspecified atom stereocenters. The van der Waals surface area contributed by atoms with Gasteiger partial charge in [0.2, 0.25) is 0 Å². The zero-order valence-electron chi connectivity index (χ0n) is 13.1. The molecule has 0 aromatic heterocycles. The summed E-state index contributed by atoms with van der Waals surface area (Å²) < 4.78 is 5.25. The topological polar surface area (TPSA) is 64.3 Å². The molecule has 0 aliphatic heterocycles. The fraction of sp³-hybridized carbons (Fsp3) is 0.562. The Hall–Kier alpha value is -1.55. The fourth-order valence-corrected chi connectivity index (χ4v) is 1.86. The summed E-state index contributed by atoms with van der Waals surface area (Å²) in [6.07, 6.45) is 0.479. The van der Waals surface area contributed by atoms with Gasteiger partial charge in [-0.25, -0.2) is 4.79 Å². The van der Waals surface area contributed by atoms with Gasteiger partial charge in [0.05, 0.1) is 6.04 Å². The van der Waals surface area contributed by atoms with Gasteiger partial charge in [-0.2, -0.15) is 0 Å². The maximum absolute atomic E-state index is 11.8. The first kappa shape index (κ1) is 16.5. The van der Waals surface area contributed by atoms with Gasteiger partial charge in [-0.05, 0) is 45.2 Å². The molecule has 0 saturated carbocycles. The van der Waals surface area contributed by atoms with Crippen LogP contribution >= 0.6 is 0 Å². The van der Waals surface area contributed by atoms with Crippen LogP contribution in [0.25, 0.3) is 0 Å². The lowest BCUT2D eigenvalue weighted by molar-refractivity contribution is 0.0508. The first-order valence-corrected chi connectivity index (χ1v) is 7.08. The smallest absolute Gasteiger partial charge is 0.408 e. The van der Waals surface area contributed by atoms with Crippen LogP contribution in [-0.4, -0.2) is 11.7 Å². The molecule has 0 radical (unpaired) electrons. The molecule has 0 aliphatic rings. The standard InChI is InChI=1S/C16H26N2O2/c1-6-14(17)13-9-7-8-12(10-13)11(2)18-15(19)20-16(3,4)5/h7-11,14H,6,17H2,1-5H3,(H,18,19). The summed E-state index contributed by atoms with van der Waals surface area (Å²) in [5.41, 5.74) is 7.66. The van der Waals surface area contributed by atoms with Crippen LogP contribution in [0.4, 0.5) is 4.79 Å². The molecule has 0 bridgehead atoms. The molecule has 1 aromatic rings. The van der Waals surface area contributed by atoms with Crippen molar-refractivity contribution >= 4 is 6.09 Å². The molecule has 4 nitrogen and oxygen atoms in total. The minimum Gasteiger partial charge on any atom is -0.444 e. The van der Waals surface area contributed by atoms with Gasteiger partial charge in [0.25, 0.3) is 0 Å². The molecule has 0 spiro atoms. The van der Waals surface area contributed by atoms with Crippen molar-refractivity contribution in [1.29, 1.82) is 0 Å². The molecule has 0 heterocycles. The van der Waals surface area contributed by atoms with Gasteiger partial charge in [-0.3, -0.25) is 0 Å². The highest BCUT2D eigenvalue weighted by molar-refractivity contribution is 5.68. The van der Waals surface area contributed by atoms with E-state index in [0.29, 0.717) is 0 Å². The van der Waals surface area contributed by atoms with Crippen molar-refractivity contribution in [3.63, 3.8) is 0 Å². The summed E-state index contributed by atoms with van der Waals surface area (Å²) in [5.74, 6) is 0. The SMILES string of the molecule is CCC(N)c1cccc(C(C)NC(=O)OC(C)(C)C)c1. The number of ether oxygens (including phenoxy) is 1. The Kier molecular flexibility index (Phi) is 5.57. The van der Waals surface area contributed by atoms with E-state index in [1.807, 2.05) is 52.0 Å². The van der Waals surface area contributed by atoms with Crippen LogP contribution in [0.5, 0.6) is 0 Å². The fourth-order valence-electron chi connectivity index (χ4n) is 1.86. The molecular formula is C16H26N2O2. The van der Waals surface area contributed by atoms with Crippen LogP contribution in [0.2, 0.25) is 0 Å². The summed E-state index contributed by atoms with van der Waals surface area (Å²) in [6, 6.07) is 7.91. The minimum atomic E-state index is -0.490. The number of carbonyl (C=O) groups excluding carboxylic acids is 1. The number of benzene rings is 1. The lowest BCUT2D eigenvalue weighted by atomic mass is 10.00. The zero-order valence-corrected chi connectivity index (χ0v) is 13.1. The summed E-state index contributed by atoms with van der Waals surface area (Å²) >= 11 is 0. The highest BCUT2D eigenvalue weighted by atomic mass is 16.6. The number of alkyl carbamates (subject to hydrolysis) is 1. The van der Waals surface area contributed by atoms with E-state index in [1.165, 1.54) is 0 Å². The molecule has 2 atom stereocenters. The Morgan fingerprint density at radius 1 is 1.35 bits per heavy atom. The summed E-state index contributed by atoms with van der Waals surface area (Å²) in [7, 11) is 0. The number of carbonyl (C=O) groups is 1. The molecule has 1 aromatic carbocycles. The van der Waals surface area contributed by atoms with E-state index >= 15 is 0 Å². The number of rotatable bonds is 4. The van der Waals surface area contributed by atoms with Crippen LogP contribution in [0.1, 0.15) is 64.3 Å². The van der Waals surface area contributed by atoms with E-state index in [9.17, 15) is 4.79 Å². The van der Waals surface area contributed by atoms with Gasteiger partial charge in [0.1, 0.15) is 5.60 Å². The predicted molar refractivity (Wildman–Crippen MR) is 81.4 cm³/mol. The highest BCUT2D eigenvalue weighted by Crippen LogP contribution is 2.20. The third-order valence-corrected chi connectivity index (χ3v) is 3.01. The van der Waals surface area contributed by atoms with Crippen molar-refractivity contribution in [2.75, 3.05) is 0 Å². The van der Waals surface area contributed by atoms with Gasteiger partial charge < -0.3 is 15.8 Å². The van der Waals surface area contributed by atoms with E-state index in [-0.39, 0.29) is 12.1 Å². The second-order valence-electron chi connectivity index (χ2n) is 6.05. The van der Waals surface area contributed by atoms with Gasteiger partial charge in [0, 0.05) is 6.04 Å². The highest BCUT2D eigenvalue weighted by Gasteiger charge is 2.18. The molecule has 1 amide bonds. The quantitative estimate of drug-likeness (QED) is 0.883. The van der Waals surface area contributed by atoms with Crippen LogP contribution in [-0.2, 0) is 4.74 Å². The normalized spacial score (nSPS) is 14.5. The van der Waals surface area contributed by atoms with Crippen molar-refractivity contribution in [2.24, 2.45) is 5.73 Å². The van der Waals surface area contributed by atoms with Crippen LogP contribution < -0.4 is 11.1 Å². The van der Waals surface area contributed by atoms with Crippen molar-refractivity contribution in [1.82, 2.24) is 5.32 Å². The zero-order chi connectivity index (χ0) is 15.3. The maximum atomic E-state index is 11.8. The molecular weight excluding hydrogens is 252 g/mol. The molecule has 0 fully saturated rings. The number of amides is 1. The van der Waals surface area contributed by atoms with Gasteiger partial charge in [-0.15, -0.1) is 0 Å². The summed E-state index contributed by atoms with van der Waals surface area (Å²) in [6.45, 7) is 9.52. The molecule has 0 aliphatic carbocycles. The van der Waals surface area contributed by atoms with Crippen molar-refractivity contribution in [2.45, 2.75) is 58.7 Å². The number of nitrogens with one attached hydrogen (secondary N) is 1. The third kappa shape index (κ3) is 5.21. The number of hydrogen-bond donors (Lipinski definition) is 2. The van der Waals surface area contributed by atoms with E-state index in [0.717, 1.165) is 17.5 Å². The number of hydrogen-bond acceptors (Lipinski definition) is 3. The molecule has 3 N–H and O–H groups in total. The minimum absolute atomic E-state index is 0.0312. The second kappa shape index (κ2) is 6.75. The van der Waals surface area contributed by atoms with Gasteiger partial charge in [0.15, 0.2) is 0 Å². The molecule has 0 saturated heterocycles. The molecule has 1 rings (SSSR count). The molecule has 112 valence electrons. The lowest BCUT2D eigenvalue weighted by Crippen LogP contribution is -2.34. The Balaban J connectivity index is 2.72. The van der Waals surface area contributed by atoms with Crippen LogP contribution in [0.3, 0.4) is 0 Å². The van der Waals surface area contributed by atoms with Crippen LogP contribution in [0, 0.1) is 0 Å². The van der Waals surface area contributed by atoms with Gasteiger partial charge in [-0.1, -0.05) is 31.2 Å². The van der Waals surface area contributed by atoms with Crippen LogP contribution in [0.15, 0.2) is 24.3 Å². The van der Waals surface area contributed by atoms with E-state index in [1.54, 1.807) is 0 Å². The molecule has 20 heavy (non-hydrogen) atoms. The van der Waals surface area contributed by atoms with Crippen molar-refractivity contribution in [3.8, 4) is 0 Å². The van der Waals surface area contributed by atoms with E-state index in [4.69, 9.17) is 10.5 Å². The summed E-state index contributed by atoms with van der Waals surface area (Å²) in [5, 5.41) is 2.83. The Bertz CT molecular complexity index is 452. The van der Waals surface area contributed by atoms with Gasteiger partial charge >= 0.3 is 6.09 Å². The van der Waals surface area contributed by atoms with Crippen molar-refractivity contribution in [3.05, 3.63) is 35.4 Å². The third-order valence-electron chi connectivity index (χ3n) is 3.01. The average molecular weight is 278 g/mol. The first-order chi connectivity index (χ1) is 9.23. The average Bonchev–Trinajstić information content (AvgIpc) is 2.35. The van der Waals surface area contributed by atoms with E-state index < -0.39 is 11.7 Å². The summed E-state index contributed by atoms with van der Waals surface area (Å²) in [4.78, 5) is 11.8. The Morgan fingerprint density at radius 3 is 2.50 bits per heavy atom. The Labute approximate surface area is 121 Å². The monoisotopic (exact) mass is 278 g/mol. The number of nitrogens with two attached hydrogens (primary N) is 1. The molecule has 4 heteroatoms.